The number of rotatable bonds is 3. The number of hydrogen-bond donors (Lipinski definition) is 3. The predicted octanol–water partition coefficient (Wildman–Crippen LogP) is -0.883. The minimum atomic E-state index is -0.637. The van der Waals surface area contributed by atoms with Crippen LogP contribution in [0, 0.1) is 0 Å². The molecule has 2 rings (SSSR count). The molecule has 0 aliphatic carbocycles. The van der Waals surface area contributed by atoms with Crippen LogP contribution in [0.25, 0.3) is 0 Å². The van der Waals surface area contributed by atoms with Crippen LogP contribution in [0.15, 0.2) is 0 Å². The molecule has 1 aromatic rings. The van der Waals surface area contributed by atoms with E-state index in [4.69, 9.17) is 0 Å². The number of aliphatic hydroxyl groups is 2. The summed E-state index contributed by atoms with van der Waals surface area (Å²) in [6.07, 6.45) is -1.27. The van der Waals surface area contributed by atoms with Gasteiger partial charge in [-0.3, -0.25) is 4.90 Å². The summed E-state index contributed by atoms with van der Waals surface area (Å²) in [6, 6.07) is 0. The van der Waals surface area contributed by atoms with Crippen molar-refractivity contribution in [2.45, 2.75) is 18.8 Å². The highest BCUT2D eigenvalue weighted by atomic mass is 32.1. The van der Waals surface area contributed by atoms with E-state index < -0.39 is 12.2 Å². The van der Waals surface area contributed by atoms with E-state index in [1.165, 1.54) is 11.3 Å². The smallest absolute Gasteiger partial charge is 0.205 e. The highest BCUT2D eigenvalue weighted by Crippen LogP contribution is 2.19. The molecule has 1 aromatic heterocycles. The summed E-state index contributed by atoms with van der Waals surface area (Å²) in [5.74, 6) is 0. The fraction of sp³-hybridized carbons (Fsp3) is 0.750. The molecule has 0 radical (unpaired) electrons. The number of anilines is 1. The van der Waals surface area contributed by atoms with Crippen molar-refractivity contribution in [3.05, 3.63) is 5.01 Å². The lowest BCUT2D eigenvalue weighted by Gasteiger charge is -2.11. The number of aromatic nitrogens is 2. The zero-order valence-electron chi connectivity index (χ0n) is 8.42. The fourth-order valence-corrected chi connectivity index (χ4v) is 2.32. The van der Waals surface area contributed by atoms with Crippen LogP contribution in [0.1, 0.15) is 5.01 Å². The number of aliphatic hydroxyl groups excluding tert-OH is 2. The first kappa shape index (κ1) is 10.7. The van der Waals surface area contributed by atoms with E-state index in [9.17, 15) is 10.2 Å². The van der Waals surface area contributed by atoms with Gasteiger partial charge in [-0.1, -0.05) is 11.3 Å². The topological polar surface area (TPSA) is 81.5 Å². The number of likely N-dealkylation sites (tertiary alicyclic amines) is 1. The van der Waals surface area contributed by atoms with Gasteiger partial charge >= 0.3 is 0 Å². The molecule has 0 spiro atoms. The first-order valence-electron chi connectivity index (χ1n) is 4.77. The summed E-state index contributed by atoms with van der Waals surface area (Å²) in [5.41, 5.74) is 0. The Morgan fingerprint density at radius 1 is 1.40 bits per heavy atom. The van der Waals surface area contributed by atoms with Gasteiger partial charge in [-0.15, -0.1) is 10.2 Å². The Kier molecular flexibility index (Phi) is 3.15. The predicted molar refractivity (Wildman–Crippen MR) is 56.7 cm³/mol. The van der Waals surface area contributed by atoms with E-state index in [1.807, 2.05) is 4.90 Å². The Morgan fingerprint density at radius 3 is 2.60 bits per heavy atom. The molecule has 1 aliphatic rings. The molecule has 6 nitrogen and oxygen atoms in total. The van der Waals surface area contributed by atoms with Crippen molar-refractivity contribution in [2.24, 2.45) is 0 Å². The average molecular weight is 230 g/mol. The molecule has 1 fully saturated rings. The second kappa shape index (κ2) is 4.40. The zero-order chi connectivity index (χ0) is 10.8. The van der Waals surface area contributed by atoms with Crippen LogP contribution in [0.4, 0.5) is 5.13 Å². The SMILES string of the molecule is CNc1nnc(CN2CC(O)C(O)C2)s1. The standard InChI is InChI=1S/C8H14N4O2S/c1-9-8-11-10-7(15-8)4-12-2-5(13)6(14)3-12/h5-6,13-14H,2-4H2,1H3,(H,9,11). The second-order valence-corrected chi connectivity index (χ2v) is 4.64. The van der Waals surface area contributed by atoms with E-state index in [0.29, 0.717) is 19.6 Å². The van der Waals surface area contributed by atoms with Crippen molar-refractivity contribution in [3.8, 4) is 0 Å². The third-order valence-corrected chi connectivity index (χ3v) is 3.30. The van der Waals surface area contributed by atoms with Gasteiger partial charge in [0.05, 0.1) is 18.8 Å². The molecule has 1 aliphatic heterocycles. The van der Waals surface area contributed by atoms with Crippen LogP contribution in [-0.2, 0) is 6.54 Å². The van der Waals surface area contributed by atoms with Crippen molar-refractivity contribution in [3.63, 3.8) is 0 Å². The minimum absolute atomic E-state index is 0.496. The van der Waals surface area contributed by atoms with Crippen LogP contribution in [0.2, 0.25) is 0 Å². The molecule has 1 saturated heterocycles. The maximum atomic E-state index is 9.36. The molecule has 84 valence electrons. The van der Waals surface area contributed by atoms with Gasteiger partial charge in [0.25, 0.3) is 0 Å². The number of nitrogens with zero attached hydrogens (tertiary/aromatic N) is 3. The van der Waals surface area contributed by atoms with E-state index in [2.05, 4.69) is 15.5 Å². The molecule has 0 aromatic carbocycles. The zero-order valence-corrected chi connectivity index (χ0v) is 9.24. The van der Waals surface area contributed by atoms with Gasteiger partial charge in [0.1, 0.15) is 5.01 Å². The highest BCUT2D eigenvalue weighted by molar-refractivity contribution is 7.15. The summed E-state index contributed by atoms with van der Waals surface area (Å²) < 4.78 is 0. The van der Waals surface area contributed by atoms with Crippen LogP contribution in [0.3, 0.4) is 0 Å². The molecule has 2 atom stereocenters. The molecule has 0 saturated carbocycles. The molecule has 0 bridgehead atoms. The highest BCUT2D eigenvalue weighted by Gasteiger charge is 2.29. The molecule has 3 N–H and O–H groups in total. The first-order chi connectivity index (χ1) is 7.19. The quantitative estimate of drug-likeness (QED) is 0.625. The molecule has 2 heterocycles. The van der Waals surface area contributed by atoms with Gasteiger partial charge < -0.3 is 15.5 Å². The molecule has 15 heavy (non-hydrogen) atoms. The van der Waals surface area contributed by atoms with E-state index in [1.54, 1.807) is 7.05 Å². The van der Waals surface area contributed by atoms with Crippen molar-refractivity contribution in [1.82, 2.24) is 15.1 Å². The maximum absolute atomic E-state index is 9.36. The molecular formula is C8H14N4O2S. The van der Waals surface area contributed by atoms with E-state index in [0.717, 1.165) is 10.1 Å². The Morgan fingerprint density at radius 2 is 2.07 bits per heavy atom. The first-order valence-corrected chi connectivity index (χ1v) is 5.59. The van der Waals surface area contributed by atoms with E-state index in [-0.39, 0.29) is 0 Å². The van der Waals surface area contributed by atoms with Crippen molar-refractivity contribution in [1.29, 1.82) is 0 Å². The van der Waals surface area contributed by atoms with Gasteiger partial charge in [0.15, 0.2) is 0 Å². The lowest BCUT2D eigenvalue weighted by atomic mass is 10.3. The summed E-state index contributed by atoms with van der Waals surface area (Å²) in [7, 11) is 1.80. The summed E-state index contributed by atoms with van der Waals surface area (Å²) in [6.45, 7) is 1.62. The number of hydrogen-bond acceptors (Lipinski definition) is 7. The third kappa shape index (κ3) is 2.43. The molecular weight excluding hydrogens is 216 g/mol. The fourth-order valence-electron chi connectivity index (χ4n) is 1.59. The lowest BCUT2D eigenvalue weighted by molar-refractivity contribution is 0.0572. The normalized spacial score (nSPS) is 27.1. The number of β-amino-alcohol motifs (C(OH)–C–C–N with tert-alkyl or cyclic N) is 2. The Labute approximate surface area is 91.6 Å². The molecule has 7 heteroatoms. The van der Waals surface area contributed by atoms with Crippen molar-refractivity contribution in [2.75, 3.05) is 25.5 Å². The summed E-state index contributed by atoms with van der Waals surface area (Å²) in [4.78, 5) is 1.97. The minimum Gasteiger partial charge on any atom is -0.389 e. The average Bonchev–Trinajstić information content (AvgIpc) is 2.76. The third-order valence-electron chi connectivity index (χ3n) is 2.37. The largest absolute Gasteiger partial charge is 0.389 e. The van der Waals surface area contributed by atoms with Gasteiger partial charge in [-0.25, -0.2) is 0 Å². The van der Waals surface area contributed by atoms with Crippen molar-refractivity contribution < 1.29 is 10.2 Å². The summed E-state index contributed by atoms with van der Waals surface area (Å²) in [5, 5.41) is 31.2. The van der Waals surface area contributed by atoms with Crippen LogP contribution < -0.4 is 5.32 Å². The van der Waals surface area contributed by atoms with Crippen molar-refractivity contribution >= 4 is 16.5 Å². The maximum Gasteiger partial charge on any atom is 0.205 e. The number of nitrogens with one attached hydrogen (secondary N) is 1. The van der Waals surface area contributed by atoms with Gasteiger partial charge in [0.2, 0.25) is 5.13 Å². The Bertz CT molecular complexity index is 322. The van der Waals surface area contributed by atoms with Crippen LogP contribution >= 0.6 is 11.3 Å². The Hall–Kier alpha value is -0.760. The lowest BCUT2D eigenvalue weighted by Crippen LogP contribution is -2.22. The van der Waals surface area contributed by atoms with E-state index >= 15 is 0 Å². The van der Waals surface area contributed by atoms with Crippen LogP contribution in [0.5, 0.6) is 0 Å². The second-order valence-electron chi connectivity index (χ2n) is 3.58. The molecule has 0 amide bonds. The van der Waals surface area contributed by atoms with Gasteiger partial charge in [0, 0.05) is 20.1 Å². The van der Waals surface area contributed by atoms with Crippen LogP contribution in [-0.4, -0.2) is 57.7 Å². The van der Waals surface area contributed by atoms with Gasteiger partial charge in [-0.2, -0.15) is 0 Å². The summed E-state index contributed by atoms with van der Waals surface area (Å²) >= 11 is 1.48. The van der Waals surface area contributed by atoms with Gasteiger partial charge in [-0.05, 0) is 0 Å². The monoisotopic (exact) mass is 230 g/mol. The molecule has 2 unspecified atom stereocenters. The Balaban J connectivity index is 1.92.